The largest absolute Gasteiger partial charge is 0.463 e. The van der Waals surface area contributed by atoms with E-state index in [-0.39, 0.29) is 12.5 Å². The van der Waals surface area contributed by atoms with Crippen LogP contribution in [0.15, 0.2) is 28.9 Å². The fraction of sp³-hybridized carbons (Fsp3) is 0.353. The fourth-order valence-corrected chi connectivity index (χ4v) is 3.12. The molecule has 0 saturated carbocycles. The molecule has 0 spiro atoms. The Morgan fingerprint density at radius 3 is 3.04 bits per heavy atom. The van der Waals surface area contributed by atoms with Crippen molar-refractivity contribution in [2.75, 3.05) is 6.54 Å². The number of furan rings is 1. The van der Waals surface area contributed by atoms with Crippen molar-refractivity contribution in [3.63, 3.8) is 0 Å². The van der Waals surface area contributed by atoms with Crippen LogP contribution < -0.4 is 0 Å². The second kappa shape index (κ2) is 5.76. The van der Waals surface area contributed by atoms with Crippen molar-refractivity contribution in [2.45, 2.75) is 33.0 Å². The van der Waals surface area contributed by atoms with Gasteiger partial charge in [-0.1, -0.05) is 18.2 Å². The molecule has 0 atom stereocenters. The summed E-state index contributed by atoms with van der Waals surface area (Å²) < 4.78 is 7.29. The molecular formula is C17H18N4O3. The summed E-state index contributed by atoms with van der Waals surface area (Å²) in [7, 11) is 0. The highest BCUT2D eigenvalue weighted by Crippen LogP contribution is 2.26. The minimum absolute atomic E-state index is 0.0710. The van der Waals surface area contributed by atoms with E-state index in [0.717, 1.165) is 23.1 Å². The molecule has 0 saturated heterocycles. The Bertz CT molecular complexity index is 898. The molecule has 0 aliphatic carbocycles. The number of benzene rings is 1. The average Bonchev–Trinajstić information content (AvgIpc) is 3.23. The lowest BCUT2D eigenvalue weighted by atomic mass is 10.1. The van der Waals surface area contributed by atoms with E-state index in [1.807, 2.05) is 18.2 Å². The molecule has 4 rings (SSSR count). The van der Waals surface area contributed by atoms with Crippen molar-refractivity contribution >= 4 is 16.9 Å². The van der Waals surface area contributed by atoms with Crippen molar-refractivity contribution in [3.05, 3.63) is 47.0 Å². The van der Waals surface area contributed by atoms with Crippen molar-refractivity contribution in [1.82, 2.24) is 19.9 Å². The number of nitrogens with zero attached hydrogens (tertiary/aromatic N) is 4. The molecule has 7 nitrogen and oxygen atoms in total. The van der Waals surface area contributed by atoms with Gasteiger partial charge in [0.15, 0.2) is 0 Å². The van der Waals surface area contributed by atoms with E-state index in [9.17, 15) is 9.90 Å². The van der Waals surface area contributed by atoms with Crippen LogP contribution in [-0.4, -0.2) is 37.5 Å². The van der Waals surface area contributed by atoms with E-state index < -0.39 is 0 Å². The molecule has 0 fully saturated rings. The number of aliphatic hydroxyl groups excluding tert-OH is 1. The first-order chi connectivity index (χ1) is 11.7. The molecule has 1 N–H and O–H groups in total. The molecule has 124 valence electrons. The molecule has 1 amide bonds. The summed E-state index contributed by atoms with van der Waals surface area (Å²) in [6, 6.07) is 5.93. The number of hydrogen-bond acceptors (Lipinski definition) is 5. The molecule has 3 aromatic rings. The van der Waals surface area contributed by atoms with Crippen LogP contribution >= 0.6 is 0 Å². The van der Waals surface area contributed by atoms with Gasteiger partial charge < -0.3 is 14.4 Å². The van der Waals surface area contributed by atoms with Gasteiger partial charge in [0.1, 0.15) is 17.5 Å². The first-order valence-corrected chi connectivity index (χ1v) is 8.02. The molecule has 1 aromatic carbocycles. The molecular weight excluding hydrogens is 308 g/mol. The standard InChI is InChI=1S/C17H18N4O3/c1-2-11-3-4-16-12(7-11)13(10-24-16)17(23)20-5-6-21-15(8-20)14(9-22)18-19-21/h3-4,7,10,22H,2,5-6,8-9H2,1H3. The van der Waals surface area contributed by atoms with Gasteiger partial charge in [-0.25, -0.2) is 4.68 Å². The number of aromatic nitrogens is 3. The molecule has 7 heteroatoms. The van der Waals surface area contributed by atoms with Crippen molar-refractivity contribution < 1.29 is 14.3 Å². The Morgan fingerprint density at radius 2 is 2.25 bits per heavy atom. The maximum atomic E-state index is 13.0. The Morgan fingerprint density at radius 1 is 1.38 bits per heavy atom. The topological polar surface area (TPSA) is 84.4 Å². The maximum Gasteiger partial charge on any atom is 0.258 e. The minimum atomic E-state index is -0.175. The molecule has 2 aromatic heterocycles. The van der Waals surface area contributed by atoms with Crippen LogP contribution in [0.4, 0.5) is 0 Å². The van der Waals surface area contributed by atoms with Crippen molar-refractivity contribution in [2.24, 2.45) is 0 Å². The second-order valence-corrected chi connectivity index (χ2v) is 5.92. The van der Waals surface area contributed by atoms with Crippen LogP contribution in [0.1, 0.15) is 34.2 Å². The van der Waals surface area contributed by atoms with Crippen LogP contribution in [0, 0.1) is 0 Å². The number of carbonyl (C=O) groups is 1. The molecule has 24 heavy (non-hydrogen) atoms. The smallest absolute Gasteiger partial charge is 0.258 e. The summed E-state index contributed by atoms with van der Waals surface area (Å²) in [6.07, 6.45) is 2.44. The van der Waals surface area contributed by atoms with E-state index in [0.29, 0.717) is 30.9 Å². The highest BCUT2D eigenvalue weighted by atomic mass is 16.3. The summed E-state index contributed by atoms with van der Waals surface area (Å²) in [5, 5.41) is 18.2. The normalized spacial score (nSPS) is 14.2. The molecule has 1 aliphatic heterocycles. The number of hydrogen-bond donors (Lipinski definition) is 1. The summed E-state index contributed by atoms with van der Waals surface area (Å²) in [6.45, 7) is 3.43. The van der Waals surface area contributed by atoms with Gasteiger partial charge in [-0.2, -0.15) is 0 Å². The van der Waals surface area contributed by atoms with Gasteiger partial charge in [0.2, 0.25) is 0 Å². The number of carbonyl (C=O) groups excluding carboxylic acids is 1. The van der Waals surface area contributed by atoms with E-state index in [1.165, 1.54) is 11.8 Å². The van der Waals surface area contributed by atoms with Gasteiger partial charge >= 0.3 is 0 Å². The van der Waals surface area contributed by atoms with E-state index in [4.69, 9.17) is 4.42 Å². The number of amides is 1. The van der Waals surface area contributed by atoms with Gasteiger partial charge in [0.25, 0.3) is 5.91 Å². The van der Waals surface area contributed by atoms with Crippen LogP contribution in [0.2, 0.25) is 0 Å². The van der Waals surface area contributed by atoms with E-state index >= 15 is 0 Å². The zero-order valence-corrected chi connectivity index (χ0v) is 13.4. The molecule has 3 heterocycles. The van der Waals surface area contributed by atoms with Crippen LogP contribution in [-0.2, 0) is 26.1 Å². The average molecular weight is 326 g/mol. The Balaban J connectivity index is 1.67. The molecule has 0 bridgehead atoms. The minimum Gasteiger partial charge on any atom is -0.463 e. The number of rotatable bonds is 3. The lowest BCUT2D eigenvalue weighted by Crippen LogP contribution is -2.38. The Hall–Kier alpha value is -2.67. The van der Waals surface area contributed by atoms with Gasteiger partial charge in [-0.3, -0.25) is 4.79 Å². The fourth-order valence-electron chi connectivity index (χ4n) is 3.12. The van der Waals surface area contributed by atoms with E-state index in [2.05, 4.69) is 17.2 Å². The maximum absolute atomic E-state index is 13.0. The van der Waals surface area contributed by atoms with Crippen LogP contribution in [0.25, 0.3) is 11.0 Å². The third-order valence-corrected chi connectivity index (χ3v) is 4.55. The van der Waals surface area contributed by atoms with Crippen LogP contribution in [0.5, 0.6) is 0 Å². The third-order valence-electron chi connectivity index (χ3n) is 4.55. The molecule has 1 aliphatic rings. The van der Waals surface area contributed by atoms with Gasteiger partial charge in [-0.05, 0) is 24.1 Å². The second-order valence-electron chi connectivity index (χ2n) is 5.92. The summed E-state index contributed by atoms with van der Waals surface area (Å²) in [5.41, 5.74) is 3.78. The highest BCUT2D eigenvalue weighted by molar-refractivity contribution is 6.06. The third kappa shape index (κ3) is 2.28. The van der Waals surface area contributed by atoms with Gasteiger partial charge in [-0.15, -0.1) is 5.10 Å². The van der Waals surface area contributed by atoms with E-state index in [1.54, 1.807) is 9.58 Å². The Labute approximate surface area is 138 Å². The number of aliphatic hydroxyl groups is 1. The summed E-state index contributed by atoms with van der Waals surface area (Å²) in [4.78, 5) is 14.7. The first-order valence-electron chi connectivity index (χ1n) is 8.02. The molecule has 0 unspecified atom stereocenters. The lowest BCUT2D eigenvalue weighted by molar-refractivity contribution is 0.0705. The summed E-state index contributed by atoms with van der Waals surface area (Å²) in [5.74, 6) is -0.0710. The number of fused-ring (bicyclic) bond motifs is 2. The zero-order chi connectivity index (χ0) is 16.7. The first kappa shape index (κ1) is 14.9. The van der Waals surface area contributed by atoms with Gasteiger partial charge in [0.05, 0.1) is 31.0 Å². The predicted octanol–water partition coefficient (Wildman–Crippen LogP) is 1.73. The molecule has 0 radical (unpaired) electrons. The quantitative estimate of drug-likeness (QED) is 0.792. The number of aryl methyl sites for hydroxylation is 1. The predicted molar refractivity (Wildman–Crippen MR) is 86.3 cm³/mol. The summed E-state index contributed by atoms with van der Waals surface area (Å²) >= 11 is 0. The van der Waals surface area contributed by atoms with Crippen molar-refractivity contribution in [3.8, 4) is 0 Å². The van der Waals surface area contributed by atoms with Crippen LogP contribution in [0.3, 0.4) is 0 Å². The van der Waals surface area contributed by atoms with Crippen molar-refractivity contribution in [1.29, 1.82) is 0 Å². The monoisotopic (exact) mass is 326 g/mol. The lowest BCUT2D eigenvalue weighted by Gasteiger charge is -2.27. The Kier molecular flexibility index (Phi) is 3.57. The zero-order valence-electron chi connectivity index (χ0n) is 13.4. The highest BCUT2D eigenvalue weighted by Gasteiger charge is 2.27. The van der Waals surface area contributed by atoms with Gasteiger partial charge in [0, 0.05) is 11.9 Å². The SMILES string of the molecule is CCc1ccc2occ(C(=O)N3CCn4nnc(CO)c4C3)c2c1.